The second kappa shape index (κ2) is 7.16. The molecule has 7 nitrogen and oxygen atoms in total. The Bertz CT molecular complexity index is 909. The predicted octanol–water partition coefficient (Wildman–Crippen LogP) is 1.91. The lowest BCUT2D eigenvalue weighted by atomic mass is 9.99. The van der Waals surface area contributed by atoms with Gasteiger partial charge in [-0.25, -0.2) is 12.8 Å². The van der Waals surface area contributed by atoms with Gasteiger partial charge in [-0.2, -0.15) is 9.40 Å². The summed E-state index contributed by atoms with van der Waals surface area (Å²) in [6.07, 6.45) is 1.20. The third kappa shape index (κ3) is 3.78. The number of aromatic nitrogens is 2. The molecule has 1 aliphatic rings. The number of nitrogens with zero attached hydrogens (tertiary/aromatic N) is 3. The van der Waals surface area contributed by atoms with Crippen LogP contribution in [-0.4, -0.2) is 41.5 Å². The third-order valence-electron chi connectivity index (χ3n) is 4.46. The number of carbonyl (C=O) groups is 1. The minimum absolute atomic E-state index is 0.0298. The second-order valence-corrected chi connectivity index (χ2v) is 8.38. The van der Waals surface area contributed by atoms with Crippen molar-refractivity contribution in [3.05, 3.63) is 41.8 Å². The molecule has 2 heterocycles. The van der Waals surface area contributed by atoms with Crippen LogP contribution >= 0.6 is 0 Å². The minimum Gasteiger partial charge on any atom is -0.311 e. The molecule has 1 saturated heterocycles. The average molecular weight is 380 g/mol. The molecule has 0 saturated carbocycles. The number of carbonyl (C=O) groups excluding carboxylic acids is 1. The van der Waals surface area contributed by atoms with Gasteiger partial charge in [-0.3, -0.25) is 9.48 Å². The normalized spacial score (nSPS) is 18.7. The van der Waals surface area contributed by atoms with Crippen molar-refractivity contribution in [3.8, 4) is 0 Å². The van der Waals surface area contributed by atoms with Crippen LogP contribution in [0, 0.1) is 18.7 Å². The highest BCUT2D eigenvalue weighted by Crippen LogP contribution is 2.25. The van der Waals surface area contributed by atoms with Gasteiger partial charge in [-0.1, -0.05) is 0 Å². The fourth-order valence-electron chi connectivity index (χ4n) is 3.09. The Morgan fingerprint density at radius 2 is 2.00 bits per heavy atom. The lowest BCUT2D eigenvalue weighted by Gasteiger charge is -2.31. The summed E-state index contributed by atoms with van der Waals surface area (Å²) in [6.45, 7) is 2.27. The predicted molar refractivity (Wildman–Crippen MR) is 94.5 cm³/mol. The van der Waals surface area contributed by atoms with Crippen molar-refractivity contribution in [3.63, 3.8) is 0 Å². The zero-order chi connectivity index (χ0) is 18.9. The molecule has 0 aliphatic carbocycles. The summed E-state index contributed by atoms with van der Waals surface area (Å²) in [7, 11) is -2.02. The first-order chi connectivity index (χ1) is 12.3. The largest absolute Gasteiger partial charge is 0.311 e. The average Bonchev–Trinajstić information content (AvgIpc) is 2.92. The minimum atomic E-state index is -3.75. The molecule has 1 N–H and O–H groups in total. The standard InChI is InChI=1S/C17H21FN4O3S/c1-12-10-16(21(2)20-12)19-17(23)13-4-3-9-22(11-13)26(24,25)15-7-5-14(18)6-8-15/h5-8,10,13H,3-4,9,11H2,1-2H3,(H,19,23)/t13-/m1/s1. The molecular formula is C17H21FN4O3S. The van der Waals surface area contributed by atoms with E-state index in [1.165, 1.54) is 16.4 Å². The van der Waals surface area contributed by atoms with Gasteiger partial charge in [-0.05, 0) is 44.0 Å². The number of hydrogen-bond acceptors (Lipinski definition) is 4. The quantitative estimate of drug-likeness (QED) is 0.878. The van der Waals surface area contributed by atoms with E-state index >= 15 is 0 Å². The van der Waals surface area contributed by atoms with Crippen LogP contribution in [-0.2, 0) is 21.9 Å². The van der Waals surface area contributed by atoms with E-state index in [0.717, 1.165) is 17.8 Å². The molecule has 1 aromatic heterocycles. The first-order valence-electron chi connectivity index (χ1n) is 8.34. The van der Waals surface area contributed by atoms with E-state index in [9.17, 15) is 17.6 Å². The van der Waals surface area contributed by atoms with Crippen molar-refractivity contribution >= 4 is 21.7 Å². The molecule has 140 valence electrons. The molecule has 1 fully saturated rings. The lowest BCUT2D eigenvalue weighted by Crippen LogP contribution is -2.43. The van der Waals surface area contributed by atoms with E-state index < -0.39 is 21.8 Å². The van der Waals surface area contributed by atoms with Crippen molar-refractivity contribution in [1.82, 2.24) is 14.1 Å². The summed E-state index contributed by atoms with van der Waals surface area (Å²) in [5.74, 6) is -0.599. The molecule has 1 atom stereocenters. The smallest absolute Gasteiger partial charge is 0.243 e. The molecule has 26 heavy (non-hydrogen) atoms. The van der Waals surface area contributed by atoms with Gasteiger partial charge in [0.05, 0.1) is 16.5 Å². The molecule has 3 rings (SSSR count). The monoisotopic (exact) mass is 380 g/mol. The van der Waals surface area contributed by atoms with Gasteiger partial charge < -0.3 is 5.32 Å². The number of amides is 1. The molecular weight excluding hydrogens is 359 g/mol. The number of anilines is 1. The van der Waals surface area contributed by atoms with Gasteiger partial charge in [0.1, 0.15) is 11.6 Å². The highest BCUT2D eigenvalue weighted by Gasteiger charge is 2.33. The molecule has 0 radical (unpaired) electrons. The number of rotatable bonds is 4. The summed E-state index contributed by atoms with van der Waals surface area (Å²) >= 11 is 0. The van der Waals surface area contributed by atoms with Crippen LogP contribution in [0.5, 0.6) is 0 Å². The van der Waals surface area contributed by atoms with Crippen molar-refractivity contribution in [1.29, 1.82) is 0 Å². The SMILES string of the molecule is Cc1cc(NC(=O)[C@@H]2CCCN(S(=O)(=O)c3ccc(F)cc3)C2)n(C)n1. The van der Waals surface area contributed by atoms with E-state index in [1.54, 1.807) is 17.8 Å². The van der Waals surface area contributed by atoms with Gasteiger partial charge in [-0.15, -0.1) is 0 Å². The van der Waals surface area contributed by atoms with Crippen LogP contribution in [0.25, 0.3) is 0 Å². The van der Waals surface area contributed by atoms with E-state index in [-0.39, 0.29) is 17.3 Å². The summed E-state index contributed by atoms with van der Waals surface area (Å²) in [4.78, 5) is 12.6. The van der Waals surface area contributed by atoms with Crippen molar-refractivity contribution in [2.45, 2.75) is 24.7 Å². The Kier molecular flexibility index (Phi) is 5.10. The number of aryl methyl sites for hydroxylation is 2. The van der Waals surface area contributed by atoms with Crippen LogP contribution < -0.4 is 5.32 Å². The van der Waals surface area contributed by atoms with Crippen molar-refractivity contribution in [2.75, 3.05) is 18.4 Å². The van der Waals surface area contributed by atoms with Gasteiger partial charge in [0.15, 0.2) is 0 Å². The maximum Gasteiger partial charge on any atom is 0.243 e. The van der Waals surface area contributed by atoms with Crippen LogP contribution in [0.15, 0.2) is 35.2 Å². The van der Waals surface area contributed by atoms with Crippen molar-refractivity contribution in [2.24, 2.45) is 13.0 Å². The maximum atomic E-state index is 13.1. The zero-order valence-corrected chi connectivity index (χ0v) is 15.5. The van der Waals surface area contributed by atoms with Crippen molar-refractivity contribution < 1.29 is 17.6 Å². The fraction of sp³-hybridized carbons (Fsp3) is 0.412. The second-order valence-electron chi connectivity index (χ2n) is 6.44. The number of piperidine rings is 1. The van der Waals surface area contributed by atoms with Crippen LogP contribution in [0.3, 0.4) is 0 Å². The maximum absolute atomic E-state index is 13.1. The Hall–Kier alpha value is -2.26. The first-order valence-corrected chi connectivity index (χ1v) is 9.78. The number of halogens is 1. The number of nitrogens with one attached hydrogen (secondary N) is 1. The highest BCUT2D eigenvalue weighted by atomic mass is 32.2. The first kappa shape index (κ1) is 18.5. The van der Waals surface area contributed by atoms with Crippen LogP contribution in [0.1, 0.15) is 18.5 Å². The summed E-state index contributed by atoms with van der Waals surface area (Å²) in [5.41, 5.74) is 0.784. The molecule has 1 aromatic carbocycles. The fourth-order valence-corrected chi connectivity index (χ4v) is 4.61. The topological polar surface area (TPSA) is 84.3 Å². The Morgan fingerprint density at radius 1 is 1.31 bits per heavy atom. The Balaban J connectivity index is 1.73. The summed E-state index contributed by atoms with van der Waals surface area (Å²) in [5, 5.41) is 6.99. The third-order valence-corrected chi connectivity index (χ3v) is 6.34. The number of benzene rings is 1. The Labute approximate surface area is 151 Å². The molecule has 0 spiro atoms. The molecule has 0 unspecified atom stereocenters. The molecule has 2 aromatic rings. The van der Waals surface area contributed by atoms with Crippen LogP contribution in [0.4, 0.5) is 10.2 Å². The molecule has 1 aliphatic heterocycles. The summed E-state index contributed by atoms with van der Waals surface area (Å²) in [6, 6.07) is 6.48. The highest BCUT2D eigenvalue weighted by molar-refractivity contribution is 7.89. The van der Waals surface area contributed by atoms with Crippen LogP contribution in [0.2, 0.25) is 0 Å². The molecule has 1 amide bonds. The lowest BCUT2D eigenvalue weighted by molar-refractivity contribution is -0.120. The van der Waals surface area contributed by atoms with E-state index in [4.69, 9.17) is 0 Å². The van der Waals surface area contributed by atoms with E-state index in [2.05, 4.69) is 10.4 Å². The molecule has 9 heteroatoms. The Morgan fingerprint density at radius 3 is 2.62 bits per heavy atom. The van der Waals surface area contributed by atoms with Gasteiger partial charge in [0.2, 0.25) is 15.9 Å². The van der Waals surface area contributed by atoms with E-state index in [0.29, 0.717) is 25.2 Å². The number of hydrogen-bond donors (Lipinski definition) is 1. The van der Waals surface area contributed by atoms with E-state index in [1.807, 2.05) is 6.92 Å². The molecule has 0 bridgehead atoms. The number of sulfonamides is 1. The van der Waals surface area contributed by atoms with Gasteiger partial charge in [0.25, 0.3) is 0 Å². The van der Waals surface area contributed by atoms with Gasteiger partial charge >= 0.3 is 0 Å². The summed E-state index contributed by atoms with van der Waals surface area (Å²) < 4.78 is 41.4. The zero-order valence-electron chi connectivity index (χ0n) is 14.6. The van der Waals surface area contributed by atoms with Gasteiger partial charge in [0, 0.05) is 26.2 Å².